The Labute approximate surface area is 125 Å². The van der Waals surface area contributed by atoms with Crippen LogP contribution in [0.5, 0.6) is 0 Å². The number of ether oxygens (including phenoxy) is 1. The van der Waals surface area contributed by atoms with Crippen molar-refractivity contribution in [3.8, 4) is 0 Å². The molecule has 22 heavy (non-hydrogen) atoms. The molecule has 0 aliphatic carbocycles. The Morgan fingerprint density at radius 3 is 2.18 bits per heavy atom. The molecule has 0 radical (unpaired) electrons. The van der Waals surface area contributed by atoms with E-state index in [0.29, 0.717) is 4.90 Å². The van der Waals surface area contributed by atoms with Crippen molar-refractivity contribution in [2.45, 2.75) is 38.0 Å². The van der Waals surface area contributed by atoms with E-state index in [-0.39, 0.29) is 12.2 Å². The monoisotopic (exact) mass is 315 g/mol. The molecule has 0 N–H and O–H groups in total. The van der Waals surface area contributed by atoms with Gasteiger partial charge in [0.15, 0.2) is 0 Å². The van der Waals surface area contributed by atoms with Crippen molar-refractivity contribution < 1.29 is 27.5 Å². The predicted molar refractivity (Wildman–Crippen MR) is 72.1 cm³/mol. The van der Waals surface area contributed by atoms with Crippen LogP contribution < -0.4 is 0 Å². The number of amides is 1. The molecular formula is C15H16F3NO3. The van der Waals surface area contributed by atoms with E-state index >= 15 is 0 Å². The molecule has 1 aliphatic rings. The number of nitrogens with zero attached hydrogens (tertiary/aromatic N) is 1. The predicted octanol–water partition coefficient (Wildman–Crippen LogP) is 2.79. The second-order valence-electron chi connectivity index (χ2n) is 5.49. The number of carbonyl (C=O) groups excluding carboxylic acids is 2. The molecule has 1 aromatic rings. The van der Waals surface area contributed by atoms with Crippen molar-refractivity contribution in [2.75, 3.05) is 6.61 Å². The maximum absolute atomic E-state index is 13.6. The third kappa shape index (κ3) is 1.99. The van der Waals surface area contributed by atoms with Crippen LogP contribution in [0.3, 0.4) is 0 Å². The van der Waals surface area contributed by atoms with Crippen LogP contribution in [0.25, 0.3) is 0 Å². The summed E-state index contributed by atoms with van der Waals surface area (Å²) in [4.78, 5) is 25.0. The van der Waals surface area contributed by atoms with Gasteiger partial charge in [0.25, 0.3) is 11.4 Å². The molecule has 1 heterocycles. The molecule has 1 fully saturated rings. The minimum Gasteiger partial charge on any atom is -0.464 e. The van der Waals surface area contributed by atoms with Gasteiger partial charge in [-0.1, -0.05) is 18.2 Å². The lowest BCUT2D eigenvalue weighted by Gasteiger charge is -2.19. The van der Waals surface area contributed by atoms with E-state index in [0.717, 1.165) is 0 Å². The van der Waals surface area contributed by atoms with Gasteiger partial charge in [-0.05, 0) is 32.9 Å². The summed E-state index contributed by atoms with van der Waals surface area (Å²) in [5.41, 5.74) is -4.56. The third-order valence-corrected chi connectivity index (χ3v) is 3.93. The lowest BCUT2D eigenvalue weighted by molar-refractivity contribution is -0.194. The number of rotatable bonds is 3. The van der Waals surface area contributed by atoms with Crippen molar-refractivity contribution in [1.82, 2.24) is 4.90 Å². The van der Waals surface area contributed by atoms with Gasteiger partial charge in [-0.25, -0.2) is 4.79 Å². The molecule has 0 saturated carbocycles. The van der Waals surface area contributed by atoms with Crippen LogP contribution in [-0.2, 0) is 9.53 Å². The SMILES string of the molecule is CCOC(=O)[C@]1(C(F)(F)F)N(C(=O)c2ccccc2)C1(C)C. The molecule has 1 amide bonds. The minimum absolute atomic E-state index is 0.0889. The largest absolute Gasteiger partial charge is 0.464 e. The molecule has 1 saturated heterocycles. The second-order valence-corrected chi connectivity index (χ2v) is 5.49. The number of halogens is 3. The standard InChI is InChI=1S/C15H16F3NO3/c1-4-22-12(21)14(15(16,17)18)13(2,3)19(14)11(20)10-8-6-5-7-9-10/h5-9H,4H2,1-3H3/t14-,19?/m0/s1. The summed E-state index contributed by atoms with van der Waals surface area (Å²) >= 11 is 0. The fourth-order valence-electron chi connectivity index (χ4n) is 2.87. The Morgan fingerprint density at radius 2 is 1.73 bits per heavy atom. The van der Waals surface area contributed by atoms with Crippen LogP contribution in [0.1, 0.15) is 31.1 Å². The molecule has 0 unspecified atom stereocenters. The summed E-state index contributed by atoms with van der Waals surface area (Å²) in [6.07, 6.45) is -4.92. The molecule has 120 valence electrons. The van der Waals surface area contributed by atoms with Gasteiger partial charge in [0.05, 0.1) is 12.1 Å². The second kappa shape index (κ2) is 5.00. The summed E-state index contributed by atoms with van der Waals surface area (Å²) in [5, 5.41) is 0. The Hall–Kier alpha value is -2.05. The van der Waals surface area contributed by atoms with Crippen LogP contribution in [-0.4, -0.2) is 40.6 Å². The zero-order valence-corrected chi connectivity index (χ0v) is 12.4. The summed E-state index contributed by atoms with van der Waals surface area (Å²) in [5.74, 6) is -2.30. The zero-order chi connectivity index (χ0) is 16.8. The third-order valence-electron chi connectivity index (χ3n) is 3.93. The summed E-state index contributed by atoms with van der Waals surface area (Å²) in [7, 11) is 0. The first kappa shape index (κ1) is 16.3. The molecule has 0 aromatic heterocycles. The number of hydrogen-bond acceptors (Lipinski definition) is 3. The lowest BCUT2D eigenvalue weighted by Crippen LogP contribution is -2.48. The maximum Gasteiger partial charge on any atom is 0.425 e. The van der Waals surface area contributed by atoms with E-state index in [1.165, 1.54) is 32.9 Å². The van der Waals surface area contributed by atoms with Gasteiger partial charge in [0, 0.05) is 5.56 Å². The molecule has 4 nitrogen and oxygen atoms in total. The first-order chi connectivity index (χ1) is 10.1. The van der Waals surface area contributed by atoms with Gasteiger partial charge in [-0.2, -0.15) is 13.2 Å². The molecular weight excluding hydrogens is 299 g/mol. The Morgan fingerprint density at radius 1 is 1.18 bits per heavy atom. The number of carbonyl (C=O) groups is 2. The molecule has 7 heteroatoms. The van der Waals surface area contributed by atoms with Gasteiger partial charge in [-0.15, -0.1) is 0 Å². The highest BCUT2D eigenvalue weighted by Crippen LogP contribution is 2.61. The zero-order valence-electron chi connectivity index (χ0n) is 12.4. The highest BCUT2D eigenvalue weighted by molar-refractivity contribution is 6.04. The highest BCUT2D eigenvalue weighted by atomic mass is 19.4. The van der Waals surface area contributed by atoms with Crippen LogP contribution in [0.15, 0.2) is 30.3 Å². The first-order valence-electron chi connectivity index (χ1n) is 6.76. The molecule has 1 atom stereocenters. The lowest BCUT2D eigenvalue weighted by atomic mass is 9.95. The summed E-state index contributed by atoms with van der Waals surface area (Å²) in [6.45, 7) is 3.64. The topological polar surface area (TPSA) is 46.4 Å². The van der Waals surface area contributed by atoms with Gasteiger partial charge in [-0.3, -0.25) is 4.79 Å². The quantitative estimate of drug-likeness (QED) is 0.636. The average molecular weight is 315 g/mol. The minimum atomic E-state index is -4.92. The smallest absolute Gasteiger partial charge is 0.425 e. The fourth-order valence-corrected chi connectivity index (χ4v) is 2.87. The molecule has 1 aromatic carbocycles. The van der Waals surface area contributed by atoms with E-state index in [2.05, 4.69) is 4.74 Å². The van der Waals surface area contributed by atoms with Gasteiger partial charge in [0.2, 0.25) is 0 Å². The molecule has 0 spiro atoms. The van der Waals surface area contributed by atoms with E-state index < -0.39 is 29.1 Å². The van der Waals surface area contributed by atoms with Crippen LogP contribution in [0.2, 0.25) is 0 Å². The first-order valence-corrected chi connectivity index (χ1v) is 6.76. The van der Waals surface area contributed by atoms with Crippen molar-refractivity contribution in [3.63, 3.8) is 0 Å². The maximum atomic E-state index is 13.6. The van der Waals surface area contributed by atoms with E-state index in [4.69, 9.17) is 0 Å². The van der Waals surface area contributed by atoms with Crippen molar-refractivity contribution in [2.24, 2.45) is 0 Å². The van der Waals surface area contributed by atoms with Crippen LogP contribution in [0, 0.1) is 0 Å². The number of hydrogen-bond donors (Lipinski definition) is 0. The number of alkyl halides is 3. The number of benzene rings is 1. The molecule has 1 aliphatic heterocycles. The Bertz CT molecular complexity index is 598. The fraction of sp³-hybridized carbons (Fsp3) is 0.467. The van der Waals surface area contributed by atoms with Gasteiger partial charge >= 0.3 is 12.1 Å². The number of esters is 1. The van der Waals surface area contributed by atoms with E-state index in [1.54, 1.807) is 18.2 Å². The van der Waals surface area contributed by atoms with Crippen molar-refractivity contribution in [1.29, 1.82) is 0 Å². The Kier molecular flexibility index (Phi) is 3.71. The van der Waals surface area contributed by atoms with Crippen LogP contribution >= 0.6 is 0 Å². The average Bonchev–Trinajstić information content (AvgIpc) is 2.97. The van der Waals surface area contributed by atoms with E-state index in [1.807, 2.05) is 0 Å². The molecule has 2 rings (SSSR count). The van der Waals surface area contributed by atoms with Gasteiger partial charge in [0.1, 0.15) is 0 Å². The highest BCUT2D eigenvalue weighted by Gasteiger charge is 2.89. The van der Waals surface area contributed by atoms with Crippen LogP contribution in [0.4, 0.5) is 13.2 Å². The van der Waals surface area contributed by atoms with Crippen molar-refractivity contribution in [3.05, 3.63) is 35.9 Å². The van der Waals surface area contributed by atoms with Gasteiger partial charge < -0.3 is 9.64 Å². The normalized spacial score (nSPS) is 23.1. The Balaban J connectivity index is 2.48. The van der Waals surface area contributed by atoms with E-state index in [9.17, 15) is 22.8 Å². The summed E-state index contributed by atoms with van der Waals surface area (Å²) in [6, 6.07) is 7.55. The summed E-state index contributed by atoms with van der Waals surface area (Å²) < 4.78 is 45.4. The molecule has 0 bridgehead atoms. The van der Waals surface area contributed by atoms with Crippen molar-refractivity contribution >= 4 is 11.9 Å².